The van der Waals surface area contributed by atoms with Crippen molar-refractivity contribution in [2.24, 2.45) is 11.8 Å². The molecule has 0 aromatic heterocycles. The number of benzene rings is 1. The number of nitrogens with one attached hydrogen (secondary N) is 2. The van der Waals surface area contributed by atoms with Gasteiger partial charge in [0.1, 0.15) is 0 Å². The molecule has 1 aliphatic heterocycles. The van der Waals surface area contributed by atoms with E-state index >= 15 is 0 Å². The number of aliphatic hydroxyl groups is 1. The molecule has 1 amide bonds. The maximum Gasteiger partial charge on any atom is 0.337 e. The summed E-state index contributed by atoms with van der Waals surface area (Å²) < 4.78 is 4.63. The smallest absolute Gasteiger partial charge is 0.337 e. The lowest BCUT2D eigenvalue weighted by Gasteiger charge is -2.35. The molecule has 24 heavy (non-hydrogen) atoms. The molecule has 6 nitrogen and oxygen atoms in total. The molecule has 0 bridgehead atoms. The number of ether oxygens (including phenoxy) is 1. The molecule has 3 rings (SSSR count). The van der Waals surface area contributed by atoms with Crippen molar-refractivity contribution in [1.82, 2.24) is 10.6 Å². The zero-order valence-corrected chi connectivity index (χ0v) is 14.3. The molecule has 1 heterocycles. The number of halogens is 1. The van der Waals surface area contributed by atoms with Crippen molar-refractivity contribution in [2.45, 2.75) is 25.0 Å². The van der Waals surface area contributed by atoms with Crippen LogP contribution >= 0.6 is 12.4 Å². The van der Waals surface area contributed by atoms with Gasteiger partial charge in [0.2, 0.25) is 0 Å². The normalized spacial score (nSPS) is 28.4. The van der Waals surface area contributed by atoms with Gasteiger partial charge in [0.25, 0.3) is 5.91 Å². The van der Waals surface area contributed by atoms with Crippen LogP contribution in [-0.2, 0) is 4.74 Å². The molecule has 2 aliphatic rings. The number of hydrogen-bond donors (Lipinski definition) is 3. The number of hydrogen-bond acceptors (Lipinski definition) is 5. The van der Waals surface area contributed by atoms with E-state index in [1.807, 2.05) is 0 Å². The van der Waals surface area contributed by atoms with Crippen LogP contribution in [0, 0.1) is 11.8 Å². The fourth-order valence-electron chi connectivity index (χ4n) is 3.58. The van der Waals surface area contributed by atoms with E-state index in [9.17, 15) is 14.7 Å². The number of carbonyl (C=O) groups excluding carboxylic acids is 2. The van der Waals surface area contributed by atoms with E-state index in [1.165, 1.54) is 7.11 Å². The second-order valence-electron chi connectivity index (χ2n) is 6.37. The molecule has 0 spiro atoms. The summed E-state index contributed by atoms with van der Waals surface area (Å²) in [4.78, 5) is 23.7. The van der Waals surface area contributed by atoms with Crippen LogP contribution in [0.15, 0.2) is 24.3 Å². The van der Waals surface area contributed by atoms with Crippen LogP contribution < -0.4 is 10.6 Å². The Morgan fingerprint density at radius 3 is 2.33 bits per heavy atom. The van der Waals surface area contributed by atoms with E-state index in [1.54, 1.807) is 24.3 Å². The predicted octanol–water partition coefficient (Wildman–Crippen LogP) is 0.984. The lowest BCUT2D eigenvalue weighted by molar-refractivity contribution is 0.0462. The third kappa shape index (κ3) is 3.88. The predicted molar refractivity (Wildman–Crippen MR) is 91.4 cm³/mol. The Balaban J connectivity index is 0.00000208. The van der Waals surface area contributed by atoms with Gasteiger partial charge < -0.3 is 20.5 Å². The maximum absolute atomic E-state index is 12.3. The monoisotopic (exact) mass is 354 g/mol. The van der Waals surface area contributed by atoms with Crippen molar-refractivity contribution in [3.8, 4) is 0 Å². The highest BCUT2D eigenvalue weighted by atomic mass is 35.5. The second kappa shape index (κ2) is 7.96. The Bertz CT molecular complexity index is 593. The van der Waals surface area contributed by atoms with E-state index in [-0.39, 0.29) is 24.4 Å². The highest BCUT2D eigenvalue weighted by Gasteiger charge is 2.39. The van der Waals surface area contributed by atoms with Crippen molar-refractivity contribution >= 4 is 24.3 Å². The first-order valence-corrected chi connectivity index (χ1v) is 7.96. The van der Waals surface area contributed by atoms with E-state index in [0.717, 1.165) is 25.9 Å². The highest BCUT2D eigenvalue weighted by molar-refractivity contribution is 5.96. The van der Waals surface area contributed by atoms with Crippen LogP contribution in [-0.4, -0.2) is 49.3 Å². The van der Waals surface area contributed by atoms with E-state index in [4.69, 9.17) is 0 Å². The number of methoxy groups -OCH3 is 1. The summed E-state index contributed by atoms with van der Waals surface area (Å²) in [5, 5.41) is 16.5. The molecule has 7 heteroatoms. The summed E-state index contributed by atoms with van der Waals surface area (Å²) in [6.07, 6.45) is 1.02. The molecule has 1 saturated carbocycles. The molecule has 2 fully saturated rings. The molecule has 0 unspecified atom stereocenters. The average Bonchev–Trinajstić information content (AvgIpc) is 3.01. The lowest BCUT2D eigenvalue weighted by Crippen LogP contribution is -2.49. The summed E-state index contributed by atoms with van der Waals surface area (Å²) in [7, 11) is 1.32. The van der Waals surface area contributed by atoms with Gasteiger partial charge in [-0.25, -0.2) is 4.79 Å². The number of amides is 1. The first-order valence-electron chi connectivity index (χ1n) is 7.96. The first kappa shape index (κ1) is 18.7. The fourth-order valence-corrected chi connectivity index (χ4v) is 3.58. The Labute approximate surface area is 147 Å². The van der Waals surface area contributed by atoms with Crippen LogP contribution in [0.1, 0.15) is 33.6 Å². The van der Waals surface area contributed by atoms with E-state index in [0.29, 0.717) is 23.0 Å². The van der Waals surface area contributed by atoms with Gasteiger partial charge in [0.15, 0.2) is 0 Å². The van der Waals surface area contributed by atoms with Gasteiger partial charge in [0, 0.05) is 5.56 Å². The SMILES string of the molecule is COC(=O)c1ccc(C(=O)N[C@H]2C[C@H]3CNC[C@H]3C[C@@H]2O)cc1.Cl. The summed E-state index contributed by atoms with van der Waals surface area (Å²) in [6, 6.07) is 6.10. The third-order valence-electron chi connectivity index (χ3n) is 4.93. The fraction of sp³-hybridized carbons (Fsp3) is 0.529. The molecule has 3 N–H and O–H groups in total. The Hall–Kier alpha value is -1.63. The molecule has 1 aliphatic carbocycles. The highest BCUT2D eigenvalue weighted by Crippen LogP contribution is 2.33. The topological polar surface area (TPSA) is 87.7 Å². The minimum absolute atomic E-state index is 0. The van der Waals surface area contributed by atoms with Gasteiger partial charge in [-0.3, -0.25) is 4.79 Å². The van der Waals surface area contributed by atoms with Crippen molar-refractivity contribution < 1.29 is 19.4 Å². The van der Waals surface area contributed by atoms with Crippen molar-refractivity contribution in [1.29, 1.82) is 0 Å². The zero-order chi connectivity index (χ0) is 16.4. The third-order valence-corrected chi connectivity index (χ3v) is 4.93. The Morgan fingerprint density at radius 2 is 1.71 bits per heavy atom. The number of carbonyl (C=O) groups is 2. The molecule has 4 atom stereocenters. The summed E-state index contributed by atoms with van der Waals surface area (Å²) in [5.41, 5.74) is 0.873. The number of fused-ring (bicyclic) bond motifs is 1. The Kier molecular flexibility index (Phi) is 6.21. The van der Waals surface area contributed by atoms with Crippen molar-refractivity contribution in [3.05, 3.63) is 35.4 Å². The Morgan fingerprint density at radius 1 is 1.12 bits per heavy atom. The standard InChI is InChI=1S/C17H22N2O4.ClH/c1-23-17(22)11-4-2-10(3-5-11)16(21)19-14-6-12-8-18-9-13(12)7-15(14)20;/h2-5,12-15,18,20H,6-9H2,1H3,(H,19,21);1H/t12-,13+,14-,15-;/m0./s1. The number of rotatable bonds is 3. The van der Waals surface area contributed by atoms with E-state index in [2.05, 4.69) is 15.4 Å². The first-order chi connectivity index (χ1) is 11.1. The van der Waals surface area contributed by atoms with Gasteiger partial charge in [-0.2, -0.15) is 0 Å². The summed E-state index contributed by atoms with van der Waals surface area (Å²) in [5.74, 6) is 0.372. The lowest BCUT2D eigenvalue weighted by atomic mass is 9.77. The number of esters is 1. The molecule has 1 aromatic carbocycles. The summed E-state index contributed by atoms with van der Waals surface area (Å²) >= 11 is 0. The zero-order valence-electron chi connectivity index (χ0n) is 13.5. The molecule has 1 aromatic rings. The van der Waals surface area contributed by atoms with Gasteiger partial charge in [-0.15, -0.1) is 12.4 Å². The summed E-state index contributed by atoms with van der Waals surface area (Å²) in [6.45, 7) is 1.91. The van der Waals surface area contributed by atoms with Gasteiger partial charge in [0.05, 0.1) is 24.8 Å². The van der Waals surface area contributed by atoms with Crippen molar-refractivity contribution in [3.63, 3.8) is 0 Å². The van der Waals surface area contributed by atoms with E-state index < -0.39 is 12.1 Å². The quantitative estimate of drug-likeness (QED) is 0.704. The molecular weight excluding hydrogens is 332 g/mol. The van der Waals surface area contributed by atoms with Crippen LogP contribution in [0.2, 0.25) is 0 Å². The minimum atomic E-state index is -0.505. The second-order valence-corrected chi connectivity index (χ2v) is 6.37. The van der Waals surface area contributed by atoms with Gasteiger partial charge >= 0.3 is 5.97 Å². The van der Waals surface area contributed by atoms with Gasteiger partial charge in [-0.05, 0) is 62.0 Å². The van der Waals surface area contributed by atoms with Crippen LogP contribution in [0.5, 0.6) is 0 Å². The van der Waals surface area contributed by atoms with Crippen LogP contribution in [0.3, 0.4) is 0 Å². The van der Waals surface area contributed by atoms with Crippen LogP contribution in [0.4, 0.5) is 0 Å². The van der Waals surface area contributed by atoms with Crippen molar-refractivity contribution in [2.75, 3.05) is 20.2 Å². The molecule has 1 saturated heterocycles. The maximum atomic E-state index is 12.3. The average molecular weight is 355 g/mol. The molecule has 0 radical (unpaired) electrons. The van der Waals surface area contributed by atoms with Crippen LogP contribution in [0.25, 0.3) is 0 Å². The minimum Gasteiger partial charge on any atom is -0.465 e. The number of aliphatic hydroxyl groups excluding tert-OH is 1. The molecular formula is C17H23ClN2O4. The largest absolute Gasteiger partial charge is 0.465 e. The molecule has 132 valence electrons. The van der Waals surface area contributed by atoms with Gasteiger partial charge in [-0.1, -0.05) is 0 Å².